The molecule has 2 rings (SSSR count). The van der Waals surface area contributed by atoms with Crippen LogP contribution in [-0.2, 0) is 41.7 Å². The monoisotopic (exact) mass is 517 g/mol. The van der Waals surface area contributed by atoms with Gasteiger partial charge in [-0.1, -0.05) is 60.7 Å². The largest absolute Gasteiger partial charge is 0.467 e. The molecule has 0 aliphatic rings. The highest BCUT2D eigenvalue weighted by Gasteiger charge is 2.30. The molecule has 0 heterocycles. The number of carbonyl (C=O) groups is 2. The minimum Gasteiger partial charge on any atom is -0.467 e. The lowest BCUT2D eigenvalue weighted by molar-refractivity contribution is -0.154. The highest BCUT2D eigenvalue weighted by Crippen LogP contribution is 2.16. The number of alkyl carbamates (subject to hydrolysis) is 1. The third-order valence-corrected chi connectivity index (χ3v) is 5.18. The standard InChI is InChI=1S/C28H39NO8/c1-20(30)25(36-17-22-14-10-7-11-15-22)24(35-16-21-12-8-6-9-13-21)19-34-18-23(26(31)33-5)29-27(32)37-28(2,3)4/h6-15,20,23-25,30H,16-19H2,1-5H3,(H,29,32)/t20-,23?,24+,25+/m1/s1. The van der Waals surface area contributed by atoms with Gasteiger partial charge >= 0.3 is 12.1 Å². The molecule has 0 aromatic heterocycles. The summed E-state index contributed by atoms with van der Waals surface area (Å²) in [5.41, 5.74) is 1.16. The van der Waals surface area contributed by atoms with Crippen LogP contribution in [0.4, 0.5) is 4.79 Å². The second kappa shape index (κ2) is 15.3. The molecule has 1 unspecified atom stereocenters. The Labute approximate surface area is 219 Å². The summed E-state index contributed by atoms with van der Waals surface area (Å²) in [5.74, 6) is -0.681. The second-order valence-electron chi connectivity index (χ2n) is 9.60. The van der Waals surface area contributed by atoms with Crippen molar-refractivity contribution in [2.75, 3.05) is 20.3 Å². The number of ether oxygens (including phenoxy) is 5. The van der Waals surface area contributed by atoms with Gasteiger partial charge in [-0.2, -0.15) is 0 Å². The average molecular weight is 518 g/mol. The number of aliphatic hydroxyl groups excluding tert-OH is 1. The van der Waals surface area contributed by atoms with Crippen LogP contribution in [0, 0.1) is 0 Å². The molecular formula is C28H39NO8. The Morgan fingerprint density at radius 2 is 1.43 bits per heavy atom. The normalized spacial score (nSPS) is 14.8. The molecule has 0 aliphatic carbocycles. The van der Waals surface area contributed by atoms with Crippen molar-refractivity contribution in [3.05, 3.63) is 71.8 Å². The zero-order valence-corrected chi connectivity index (χ0v) is 22.2. The number of methoxy groups -OCH3 is 1. The number of hydrogen-bond donors (Lipinski definition) is 2. The van der Waals surface area contributed by atoms with E-state index in [4.69, 9.17) is 23.7 Å². The Hall–Kier alpha value is -2.98. The van der Waals surface area contributed by atoms with Gasteiger partial charge in [-0.25, -0.2) is 9.59 Å². The predicted octanol–water partition coefficient (Wildman–Crippen LogP) is 3.62. The lowest BCUT2D eigenvalue weighted by atomic mass is 10.1. The number of carbonyl (C=O) groups excluding carboxylic acids is 2. The van der Waals surface area contributed by atoms with Crippen LogP contribution in [0.2, 0.25) is 0 Å². The summed E-state index contributed by atoms with van der Waals surface area (Å²) in [6.45, 7) is 7.11. The van der Waals surface area contributed by atoms with Crippen molar-refractivity contribution in [3.63, 3.8) is 0 Å². The number of hydrogen-bond acceptors (Lipinski definition) is 8. The molecule has 1 amide bonds. The molecule has 204 valence electrons. The van der Waals surface area contributed by atoms with Gasteiger partial charge in [0.2, 0.25) is 0 Å². The van der Waals surface area contributed by atoms with Gasteiger partial charge < -0.3 is 34.1 Å². The minimum atomic E-state index is -1.09. The summed E-state index contributed by atoms with van der Waals surface area (Å²) < 4.78 is 28.0. The minimum absolute atomic E-state index is 0.0132. The van der Waals surface area contributed by atoms with Crippen LogP contribution >= 0.6 is 0 Å². The SMILES string of the molecule is COC(=O)C(COC[C@H](OCc1ccccc1)[C@@H](OCc1ccccc1)[C@@H](C)O)NC(=O)OC(C)(C)C. The van der Waals surface area contributed by atoms with E-state index in [1.54, 1.807) is 27.7 Å². The van der Waals surface area contributed by atoms with Gasteiger partial charge in [0.15, 0.2) is 6.04 Å². The molecule has 2 N–H and O–H groups in total. The fraction of sp³-hybridized carbons (Fsp3) is 0.500. The smallest absolute Gasteiger partial charge is 0.408 e. The van der Waals surface area contributed by atoms with Crippen molar-refractivity contribution < 1.29 is 38.4 Å². The van der Waals surface area contributed by atoms with Gasteiger partial charge in [-0.3, -0.25) is 0 Å². The van der Waals surface area contributed by atoms with Crippen molar-refractivity contribution in [3.8, 4) is 0 Å². The highest BCUT2D eigenvalue weighted by molar-refractivity contribution is 5.81. The zero-order valence-electron chi connectivity index (χ0n) is 22.2. The Balaban J connectivity index is 2.08. The molecule has 0 radical (unpaired) electrons. The van der Waals surface area contributed by atoms with Crippen molar-refractivity contribution in [2.24, 2.45) is 0 Å². The molecular weight excluding hydrogens is 478 g/mol. The average Bonchev–Trinajstić information content (AvgIpc) is 2.85. The highest BCUT2D eigenvalue weighted by atomic mass is 16.6. The molecule has 0 aliphatic heterocycles. The van der Waals surface area contributed by atoms with Crippen LogP contribution < -0.4 is 5.32 Å². The van der Waals surface area contributed by atoms with E-state index < -0.39 is 42.0 Å². The number of benzene rings is 2. The van der Waals surface area contributed by atoms with Crippen LogP contribution in [0.5, 0.6) is 0 Å². The van der Waals surface area contributed by atoms with E-state index in [-0.39, 0.29) is 26.4 Å². The lowest BCUT2D eigenvalue weighted by Crippen LogP contribution is -2.48. The third kappa shape index (κ3) is 11.7. The first-order valence-electron chi connectivity index (χ1n) is 12.2. The maximum absolute atomic E-state index is 12.2. The van der Waals surface area contributed by atoms with Crippen LogP contribution in [0.1, 0.15) is 38.8 Å². The zero-order chi connectivity index (χ0) is 27.3. The van der Waals surface area contributed by atoms with Gasteiger partial charge in [-0.15, -0.1) is 0 Å². The Kier molecular flexibility index (Phi) is 12.5. The first kappa shape index (κ1) is 30.2. The summed E-state index contributed by atoms with van der Waals surface area (Å²) in [6.07, 6.45) is -3.04. The summed E-state index contributed by atoms with van der Waals surface area (Å²) in [6, 6.07) is 18.1. The first-order valence-corrected chi connectivity index (χ1v) is 12.2. The van der Waals surface area contributed by atoms with E-state index in [0.29, 0.717) is 0 Å². The Bertz CT molecular complexity index is 930. The fourth-order valence-corrected chi connectivity index (χ4v) is 3.40. The fourth-order valence-electron chi connectivity index (χ4n) is 3.40. The van der Waals surface area contributed by atoms with Crippen molar-refractivity contribution >= 4 is 12.1 Å². The predicted molar refractivity (Wildman–Crippen MR) is 138 cm³/mol. The molecule has 0 spiro atoms. The number of rotatable bonds is 14. The molecule has 0 saturated carbocycles. The summed E-state index contributed by atoms with van der Waals surface area (Å²) in [4.78, 5) is 24.4. The molecule has 0 bridgehead atoms. The van der Waals surface area contributed by atoms with E-state index in [1.165, 1.54) is 7.11 Å². The summed E-state index contributed by atoms with van der Waals surface area (Å²) >= 11 is 0. The maximum atomic E-state index is 12.2. The summed E-state index contributed by atoms with van der Waals surface area (Å²) in [5, 5.41) is 13.0. The quantitative estimate of drug-likeness (QED) is 0.366. The molecule has 4 atom stereocenters. The van der Waals surface area contributed by atoms with Gasteiger partial charge in [0.1, 0.15) is 17.8 Å². The maximum Gasteiger partial charge on any atom is 0.408 e. The number of amides is 1. The van der Waals surface area contributed by atoms with E-state index in [1.807, 2.05) is 60.7 Å². The van der Waals surface area contributed by atoms with Crippen LogP contribution in [0.25, 0.3) is 0 Å². The van der Waals surface area contributed by atoms with Crippen LogP contribution in [0.3, 0.4) is 0 Å². The third-order valence-electron chi connectivity index (χ3n) is 5.18. The number of esters is 1. The number of nitrogens with one attached hydrogen (secondary N) is 1. The Morgan fingerprint density at radius 1 is 0.892 bits per heavy atom. The van der Waals surface area contributed by atoms with Crippen molar-refractivity contribution in [1.82, 2.24) is 5.32 Å². The van der Waals surface area contributed by atoms with Gasteiger partial charge in [-0.05, 0) is 38.8 Å². The van der Waals surface area contributed by atoms with Gasteiger partial charge in [0, 0.05) is 0 Å². The topological polar surface area (TPSA) is 113 Å². The number of aliphatic hydroxyl groups is 1. The Morgan fingerprint density at radius 3 is 1.92 bits per heavy atom. The molecule has 0 fully saturated rings. The molecule has 2 aromatic rings. The van der Waals surface area contributed by atoms with E-state index in [9.17, 15) is 14.7 Å². The molecule has 37 heavy (non-hydrogen) atoms. The van der Waals surface area contributed by atoms with Crippen molar-refractivity contribution in [1.29, 1.82) is 0 Å². The van der Waals surface area contributed by atoms with E-state index in [0.717, 1.165) is 11.1 Å². The first-order chi connectivity index (χ1) is 17.6. The molecule has 2 aromatic carbocycles. The second-order valence-corrected chi connectivity index (χ2v) is 9.60. The van der Waals surface area contributed by atoms with E-state index >= 15 is 0 Å². The van der Waals surface area contributed by atoms with Crippen LogP contribution in [-0.4, -0.2) is 67.4 Å². The van der Waals surface area contributed by atoms with Gasteiger partial charge in [0.25, 0.3) is 0 Å². The molecule has 0 saturated heterocycles. The van der Waals surface area contributed by atoms with Crippen LogP contribution in [0.15, 0.2) is 60.7 Å². The lowest BCUT2D eigenvalue weighted by Gasteiger charge is -2.30. The molecule has 9 heteroatoms. The van der Waals surface area contributed by atoms with E-state index in [2.05, 4.69) is 5.32 Å². The van der Waals surface area contributed by atoms with Crippen molar-refractivity contribution in [2.45, 2.75) is 70.9 Å². The molecule has 9 nitrogen and oxygen atoms in total. The summed E-state index contributed by atoms with van der Waals surface area (Å²) in [7, 11) is 1.22. The van der Waals surface area contributed by atoms with Gasteiger partial charge in [0.05, 0.1) is 39.6 Å².